The second-order valence-electron chi connectivity index (χ2n) is 8.98. The van der Waals surface area contributed by atoms with Gasteiger partial charge >= 0.3 is 0 Å². The minimum absolute atomic E-state index is 0.155. The van der Waals surface area contributed by atoms with Crippen molar-refractivity contribution in [2.75, 3.05) is 7.05 Å². The maximum Gasteiger partial charge on any atom is 0.275 e. The summed E-state index contributed by atoms with van der Waals surface area (Å²) in [5, 5.41) is 0.471. The molecule has 3 atom stereocenters. The molecule has 0 saturated carbocycles. The Morgan fingerprint density at radius 3 is 2.62 bits per heavy atom. The third-order valence-corrected chi connectivity index (χ3v) is 8.39. The third-order valence-electron chi connectivity index (χ3n) is 6.96. The van der Waals surface area contributed by atoms with Gasteiger partial charge in [-0.1, -0.05) is 11.6 Å². The van der Waals surface area contributed by atoms with Gasteiger partial charge in [0.05, 0.1) is 33.0 Å². The Bertz CT molecular complexity index is 1420. The van der Waals surface area contributed by atoms with Gasteiger partial charge in [-0.3, -0.25) is 14.3 Å². The highest BCUT2D eigenvalue weighted by molar-refractivity contribution is 7.22. The molecule has 2 fully saturated rings. The van der Waals surface area contributed by atoms with Crippen molar-refractivity contribution in [1.82, 2.24) is 19.4 Å². The van der Waals surface area contributed by atoms with E-state index in [9.17, 15) is 9.18 Å². The Hall–Kier alpha value is -2.81. The van der Waals surface area contributed by atoms with Crippen molar-refractivity contribution in [2.24, 2.45) is 0 Å². The summed E-state index contributed by atoms with van der Waals surface area (Å²) in [7, 11) is 2.20. The first-order valence-electron chi connectivity index (χ1n) is 11.3. The first kappa shape index (κ1) is 21.7. The molecule has 3 aromatic heterocycles. The van der Waals surface area contributed by atoms with E-state index in [0.717, 1.165) is 23.9 Å². The zero-order valence-electron chi connectivity index (χ0n) is 18.4. The average molecular weight is 497 g/mol. The van der Waals surface area contributed by atoms with Crippen LogP contribution in [0.5, 0.6) is 5.75 Å². The van der Waals surface area contributed by atoms with Gasteiger partial charge < -0.3 is 9.64 Å². The second-order valence-corrected chi connectivity index (χ2v) is 10.4. The number of thiophene rings is 1. The molecule has 1 aromatic carbocycles. The maximum absolute atomic E-state index is 13.2. The van der Waals surface area contributed by atoms with Crippen LogP contribution in [-0.2, 0) is 0 Å². The molecule has 5 heterocycles. The molecular weight excluding hydrogens is 475 g/mol. The third kappa shape index (κ3) is 3.79. The Morgan fingerprint density at radius 1 is 1.12 bits per heavy atom. The van der Waals surface area contributed by atoms with E-state index in [0.29, 0.717) is 44.5 Å². The van der Waals surface area contributed by atoms with Crippen LogP contribution in [0.4, 0.5) is 4.39 Å². The Labute approximate surface area is 204 Å². The van der Waals surface area contributed by atoms with E-state index in [2.05, 4.69) is 21.9 Å². The average Bonchev–Trinajstić information content (AvgIpc) is 3.33. The summed E-state index contributed by atoms with van der Waals surface area (Å²) in [4.78, 5) is 25.0. The van der Waals surface area contributed by atoms with Gasteiger partial charge in [0.1, 0.15) is 28.7 Å². The number of pyridine rings is 1. The molecule has 6 rings (SSSR count). The monoisotopic (exact) mass is 496 g/mol. The van der Waals surface area contributed by atoms with Crippen LogP contribution in [0.25, 0.3) is 26.5 Å². The van der Waals surface area contributed by atoms with Crippen LogP contribution in [0.1, 0.15) is 25.7 Å². The minimum Gasteiger partial charge on any atom is -0.489 e. The lowest BCUT2D eigenvalue weighted by molar-refractivity contribution is 0.0662. The van der Waals surface area contributed by atoms with Crippen molar-refractivity contribution in [2.45, 2.75) is 43.9 Å². The lowest BCUT2D eigenvalue weighted by atomic mass is 10.0. The molecule has 0 aliphatic carbocycles. The summed E-state index contributed by atoms with van der Waals surface area (Å²) in [6, 6.07) is 11.3. The molecule has 0 unspecified atom stereocenters. The Morgan fingerprint density at radius 2 is 1.91 bits per heavy atom. The van der Waals surface area contributed by atoms with E-state index in [1.54, 1.807) is 18.2 Å². The Kier molecular flexibility index (Phi) is 5.39. The van der Waals surface area contributed by atoms with Crippen LogP contribution >= 0.6 is 22.9 Å². The van der Waals surface area contributed by atoms with Crippen LogP contribution in [0.3, 0.4) is 0 Å². The number of halogens is 2. The van der Waals surface area contributed by atoms with Gasteiger partial charge in [0.2, 0.25) is 0 Å². The van der Waals surface area contributed by atoms with Crippen molar-refractivity contribution in [3.63, 3.8) is 0 Å². The number of fused-ring (bicyclic) bond motifs is 3. The number of piperidine rings is 1. The van der Waals surface area contributed by atoms with E-state index in [-0.39, 0.29) is 11.7 Å². The summed E-state index contributed by atoms with van der Waals surface area (Å²) < 4.78 is 21.5. The van der Waals surface area contributed by atoms with E-state index in [1.807, 2.05) is 12.1 Å². The van der Waals surface area contributed by atoms with Gasteiger partial charge in [0.25, 0.3) is 5.56 Å². The molecule has 2 aliphatic rings. The van der Waals surface area contributed by atoms with Crippen molar-refractivity contribution in [3.05, 3.63) is 70.1 Å². The van der Waals surface area contributed by atoms with Gasteiger partial charge in [-0.2, -0.15) is 0 Å². The van der Waals surface area contributed by atoms with Gasteiger partial charge in [0, 0.05) is 12.1 Å². The van der Waals surface area contributed by atoms with E-state index < -0.39 is 5.82 Å². The highest BCUT2D eigenvalue weighted by atomic mass is 35.5. The van der Waals surface area contributed by atoms with Crippen molar-refractivity contribution in [1.29, 1.82) is 0 Å². The zero-order valence-corrected chi connectivity index (χ0v) is 20.0. The van der Waals surface area contributed by atoms with Crippen molar-refractivity contribution >= 4 is 33.2 Å². The predicted octanol–water partition coefficient (Wildman–Crippen LogP) is 5.31. The fraction of sp³-hybridized carbons (Fsp3) is 0.320. The molecule has 2 bridgehead atoms. The molecule has 174 valence electrons. The number of hydrogen-bond donors (Lipinski definition) is 0. The quantitative estimate of drug-likeness (QED) is 0.383. The van der Waals surface area contributed by atoms with E-state index in [4.69, 9.17) is 16.3 Å². The SMILES string of the molecule is CN1[C@@H]2CC[C@H]1C[C@H](Oc1ccc(-n3cnc4cc(-c5ccc(F)cn5)sc4c3=O)cc1Cl)C2. The molecule has 2 saturated heterocycles. The van der Waals surface area contributed by atoms with Gasteiger partial charge in [-0.05, 0) is 69.1 Å². The van der Waals surface area contributed by atoms with Crippen LogP contribution in [0, 0.1) is 5.82 Å². The summed E-state index contributed by atoms with van der Waals surface area (Å²) in [6.07, 6.45) is 7.29. The lowest BCUT2D eigenvalue weighted by Crippen LogP contribution is -2.43. The summed E-state index contributed by atoms with van der Waals surface area (Å²) in [5.74, 6) is 0.236. The van der Waals surface area contributed by atoms with E-state index >= 15 is 0 Å². The number of aromatic nitrogens is 3. The number of benzene rings is 1. The molecule has 34 heavy (non-hydrogen) atoms. The number of ether oxygens (including phenoxy) is 1. The fourth-order valence-corrected chi connectivity index (χ4v) is 6.35. The predicted molar refractivity (Wildman–Crippen MR) is 132 cm³/mol. The lowest BCUT2D eigenvalue weighted by Gasteiger charge is -2.36. The molecule has 2 aliphatic heterocycles. The topological polar surface area (TPSA) is 60.2 Å². The molecule has 6 nitrogen and oxygen atoms in total. The molecule has 4 aromatic rings. The van der Waals surface area contributed by atoms with Crippen LogP contribution < -0.4 is 10.3 Å². The molecule has 9 heteroatoms. The van der Waals surface area contributed by atoms with E-state index in [1.165, 1.54) is 41.1 Å². The van der Waals surface area contributed by atoms with Gasteiger partial charge in [-0.25, -0.2) is 9.37 Å². The highest BCUT2D eigenvalue weighted by Gasteiger charge is 2.39. The van der Waals surface area contributed by atoms with Crippen molar-refractivity contribution in [3.8, 4) is 22.0 Å². The number of hydrogen-bond acceptors (Lipinski definition) is 6. The maximum atomic E-state index is 13.2. The molecule has 0 radical (unpaired) electrons. The van der Waals surface area contributed by atoms with Crippen molar-refractivity contribution < 1.29 is 9.13 Å². The zero-order chi connectivity index (χ0) is 23.4. The van der Waals surface area contributed by atoms with Gasteiger partial charge in [-0.15, -0.1) is 11.3 Å². The summed E-state index contributed by atoms with van der Waals surface area (Å²) in [6.45, 7) is 0. The van der Waals surface area contributed by atoms with Gasteiger partial charge in [0.15, 0.2) is 0 Å². The normalized spacial score (nSPS) is 22.4. The number of rotatable bonds is 4. The van der Waals surface area contributed by atoms with Crippen LogP contribution in [-0.4, -0.2) is 44.7 Å². The standard InChI is InChI=1S/C25H22ClFN4O2S/c1-30-15-3-4-16(30)9-18(8-15)33-22-7-5-17(10-19(22)26)31-13-29-21-11-23(34-24(21)25(31)32)20-6-2-14(27)12-28-20/h2,5-7,10-13,15-16,18H,3-4,8-9H2,1H3/t15-,16+,18-. The molecular formula is C25H22ClFN4O2S. The van der Waals surface area contributed by atoms with Crippen LogP contribution in [0.15, 0.2) is 53.7 Å². The first-order valence-corrected chi connectivity index (χ1v) is 12.5. The number of nitrogens with zero attached hydrogens (tertiary/aromatic N) is 4. The fourth-order valence-electron chi connectivity index (χ4n) is 5.12. The largest absolute Gasteiger partial charge is 0.489 e. The highest BCUT2D eigenvalue weighted by Crippen LogP contribution is 2.37. The van der Waals surface area contributed by atoms with Crippen LogP contribution in [0.2, 0.25) is 5.02 Å². The summed E-state index contributed by atoms with van der Waals surface area (Å²) >= 11 is 7.86. The smallest absolute Gasteiger partial charge is 0.275 e. The minimum atomic E-state index is -0.405. The molecule has 0 amide bonds. The second kappa shape index (κ2) is 8.45. The molecule has 0 spiro atoms. The summed E-state index contributed by atoms with van der Waals surface area (Å²) in [5.41, 5.74) is 1.60. The molecule has 0 N–H and O–H groups in total. The first-order chi connectivity index (χ1) is 16.5. The Balaban J connectivity index is 1.27.